The Morgan fingerprint density at radius 2 is 2.03 bits per heavy atom. The second-order valence-electron chi connectivity index (χ2n) is 9.40. The summed E-state index contributed by atoms with van der Waals surface area (Å²) in [7, 11) is -4.40. The van der Waals surface area contributed by atoms with Crippen molar-refractivity contribution in [3.63, 3.8) is 0 Å². The van der Waals surface area contributed by atoms with Gasteiger partial charge in [-0.1, -0.05) is 45.4 Å². The van der Waals surface area contributed by atoms with Crippen LogP contribution < -0.4 is 15.9 Å². The molecule has 38 heavy (non-hydrogen) atoms. The molecule has 1 aromatic carbocycles. The molecule has 12 nitrogen and oxygen atoms in total. The van der Waals surface area contributed by atoms with E-state index in [4.69, 9.17) is 19.5 Å². The predicted molar refractivity (Wildman–Crippen MR) is 136 cm³/mol. The van der Waals surface area contributed by atoms with Gasteiger partial charge in [0.25, 0.3) is 0 Å². The SMILES string of the molecule is CCC(C)CN(C(C)C(=O)O)[P@@](=O)(OC[C@H]1O[C@@](F)(c2c[nH]c(=O)nc2N)[C@H](C)[C@@H]1O)Oc1ccccc1. The lowest BCUT2D eigenvalue weighted by Gasteiger charge is -2.34. The highest BCUT2D eigenvalue weighted by molar-refractivity contribution is 7.51. The van der Waals surface area contributed by atoms with Gasteiger partial charge in [0, 0.05) is 18.7 Å². The van der Waals surface area contributed by atoms with Crippen molar-refractivity contribution >= 4 is 19.5 Å². The van der Waals surface area contributed by atoms with Crippen molar-refractivity contribution in [2.75, 3.05) is 18.9 Å². The van der Waals surface area contributed by atoms with Crippen LogP contribution >= 0.6 is 7.75 Å². The number of H-pyrrole nitrogens is 1. The minimum absolute atomic E-state index is 0.0607. The van der Waals surface area contributed by atoms with Gasteiger partial charge < -0.3 is 30.2 Å². The maximum absolute atomic E-state index is 16.0. The number of benzene rings is 1. The maximum Gasteiger partial charge on any atom is 0.462 e. The van der Waals surface area contributed by atoms with Crippen LogP contribution in [0.1, 0.15) is 39.7 Å². The number of nitrogen functional groups attached to an aromatic ring is 1. The summed E-state index contributed by atoms with van der Waals surface area (Å²) in [5.41, 5.74) is 4.67. The highest BCUT2D eigenvalue weighted by atomic mass is 31.2. The molecule has 14 heteroatoms. The molecule has 210 valence electrons. The molecule has 0 amide bonds. The molecule has 1 aromatic heterocycles. The number of hydrogen-bond donors (Lipinski definition) is 4. The Bertz CT molecular complexity index is 1220. The van der Waals surface area contributed by atoms with Gasteiger partial charge >= 0.3 is 19.4 Å². The van der Waals surface area contributed by atoms with E-state index >= 15 is 4.39 Å². The van der Waals surface area contributed by atoms with Crippen molar-refractivity contribution < 1.29 is 37.7 Å². The number of aromatic amines is 1. The topological polar surface area (TPSA) is 177 Å². The lowest BCUT2D eigenvalue weighted by atomic mass is 9.92. The standard InChI is InChI=1S/C24H34FN4O8P/c1-5-14(2)12-29(16(4)22(31)32)38(34,37-17-9-7-6-8-10-17)35-13-19-20(30)15(3)24(25,36-19)18-11-27-23(33)28-21(18)26/h6-11,14-16,19-20,30H,5,12-13H2,1-4H3,(H,31,32)(H3,26,27,28,33)/t14?,15-,16?,19-,20+,24-,38-/m1/s1. The van der Waals surface area contributed by atoms with Gasteiger partial charge in [0.2, 0.25) is 5.85 Å². The van der Waals surface area contributed by atoms with E-state index in [0.29, 0.717) is 6.42 Å². The minimum atomic E-state index is -4.40. The zero-order valence-electron chi connectivity index (χ0n) is 21.6. The fourth-order valence-electron chi connectivity index (χ4n) is 4.04. The molecule has 2 heterocycles. The number of ether oxygens (including phenoxy) is 1. The van der Waals surface area contributed by atoms with E-state index < -0.39 is 61.9 Å². The number of nitrogens with one attached hydrogen (secondary N) is 1. The average molecular weight is 557 g/mol. The van der Waals surface area contributed by atoms with E-state index in [0.717, 1.165) is 10.9 Å². The number of aliphatic hydroxyl groups excluding tert-OH is 1. The molecule has 5 N–H and O–H groups in total. The van der Waals surface area contributed by atoms with Crippen LogP contribution in [0.15, 0.2) is 41.3 Å². The molecule has 1 aliphatic heterocycles. The number of aliphatic carboxylic acids is 1. The van der Waals surface area contributed by atoms with Gasteiger partial charge in [0.05, 0.1) is 18.3 Å². The fourth-order valence-corrected chi connectivity index (χ4v) is 6.08. The quantitative estimate of drug-likeness (QED) is 0.283. The van der Waals surface area contributed by atoms with E-state index in [9.17, 15) is 24.4 Å². The van der Waals surface area contributed by atoms with E-state index in [1.807, 2.05) is 13.8 Å². The number of rotatable bonds is 12. The van der Waals surface area contributed by atoms with E-state index in [1.54, 1.807) is 18.2 Å². The molecule has 0 aliphatic carbocycles. The van der Waals surface area contributed by atoms with Crippen LogP contribution in [0.4, 0.5) is 10.2 Å². The Hall–Kier alpha value is -2.83. The zero-order valence-corrected chi connectivity index (χ0v) is 22.5. The number of nitrogens with zero attached hydrogens (tertiary/aromatic N) is 2. The van der Waals surface area contributed by atoms with E-state index in [-0.39, 0.29) is 23.8 Å². The second kappa shape index (κ2) is 11.9. The summed E-state index contributed by atoms with van der Waals surface area (Å²) in [4.78, 5) is 29.1. The summed E-state index contributed by atoms with van der Waals surface area (Å²) in [5, 5.41) is 20.5. The molecular weight excluding hydrogens is 522 g/mol. The summed E-state index contributed by atoms with van der Waals surface area (Å²) in [6.07, 6.45) is -1.12. The van der Waals surface area contributed by atoms with E-state index in [1.165, 1.54) is 26.0 Å². The number of anilines is 1. The van der Waals surface area contributed by atoms with Crippen LogP contribution in [-0.2, 0) is 24.5 Å². The average Bonchev–Trinajstić information content (AvgIpc) is 3.10. The van der Waals surface area contributed by atoms with Gasteiger partial charge in [0.1, 0.15) is 23.7 Å². The lowest BCUT2D eigenvalue weighted by Crippen LogP contribution is -2.41. The Morgan fingerprint density at radius 1 is 1.37 bits per heavy atom. The number of aliphatic hydroxyl groups is 1. The van der Waals surface area contributed by atoms with Crippen LogP contribution in [0, 0.1) is 11.8 Å². The predicted octanol–water partition coefficient (Wildman–Crippen LogP) is 2.90. The molecule has 0 saturated carbocycles. The van der Waals surface area contributed by atoms with Gasteiger partial charge in [-0.25, -0.2) is 13.8 Å². The zero-order chi connectivity index (χ0) is 28.3. The third-order valence-electron chi connectivity index (χ3n) is 6.69. The van der Waals surface area contributed by atoms with Crippen LogP contribution in [0.5, 0.6) is 5.75 Å². The lowest BCUT2D eigenvalue weighted by molar-refractivity contribution is -0.166. The molecule has 7 atom stereocenters. The monoisotopic (exact) mass is 556 g/mol. The highest BCUT2D eigenvalue weighted by Crippen LogP contribution is 2.55. The number of alkyl halides is 1. The Balaban J connectivity index is 1.93. The van der Waals surface area contributed by atoms with Crippen molar-refractivity contribution in [1.29, 1.82) is 0 Å². The van der Waals surface area contributed by atoms with Crippen LogP contribution in [-0.4, -0.2) is 62.2 Å². The number of halogens is 1. The third kappa shape index (κ3) is 6.24. The molecular formula is C24H34FN4O8P. The summed E-state index contributed by atoms with van der Waals surface area (Å²) < 4.78 is 48.5. The third-order valence-corrected chi connectivity index (χ3v) is 8.74. The summed E-state index contributed by atoms with van der Waals surface area (Å²) in [6, 6.07) is 6.81. The number of para-hydroxylation sites is 1. The van der Waals surface area contributed by atoms with Crippen molar-refractivity contribution in [3.05, 3.63) is 52.6 Å². The smallest absolute Gasteiger partial charge is 0.462 e. The molecule has 2 aromatic rings. The van der Waals surface area contributed by atoms with Crippen molar-refractivity contribution in [2.45, 2.75) is 58.2 Å². The highest BCUT2D eigenvalue weighted by Gasteiger charge is 2.56. The number of carboxylic acid groups (broad SMARTS) is 1. The number of carbonyl (C=O) groups is 1. The van der Waals surface area contributed by atoms with Gasteiger partial charge in [-0.05, 0) is 25.0 Å². The Labute approximate surface area is 219 Å². The molecule has 0 radical (unpaired) electrons. The van der Waals surface area contributed by atoms with Gasteiger partial charge in [-0.3, -0.25) is 9.32 Å². The number of nitrogens with two attached hydrogens (primary N) is 1. The first-order valence-corrected chi connectivity index (χ1v) is 13.7. The summed E-state index contributed by atoms with van der Waals surface area (Å²) in [6.45, 7) is 5.95. The number of carboxylic acids is 1. The first-order chi connectivity index (χ1) is 17.8. The van der Waals surface area contributed by atoms with Crippen LogP contribution in [0.25, 0.3) is 0 Å². The first kappa shape index (κ1) is 29.7. The first-order valence-electron chi connectivity index (χ1n) is 12.2. The molecule has 0 bridgehead atoms. The summed E-state index contributed by atoms with van der Waals surface area (Å²) in [5.74, 6) is -5.40. The van der Waals surface area contributed by atoms with Gasteiger partial charge in [-0.2, -0.15) is 9.65 Å². The molecule has 0 spiro atoms. The van der Waals surface area contributed by atoms with Crippen molar-refractivity contribution in [2.24, 2.45) is 11.8 Å². The van der Waals surface area contributed by atoms with Gasteiger partial charge in [0.15, 0.2) is 0 Å². The molecule has 3 rings (SSSR count). The van der Waals surface area contributed by atoms with Crippen LogP contribution in [0.3, 0.4) is 0 Å². The molecule has 2 unspecified atom stereocenters. The minimum Gasteiger partial charge on any atom is -0.480 e. The summed E-state index contributed by atoms with van der Waals surface area (Å²) >= 11 is 0. The molecule has 1 saturated heterocycles. The largest absolute Gasteiger partial charge is 0.480 e. The number of hydrogen-bond acceptors (Lipinski definition) is 9. The van der Waals surface area contributed by atoms with Crippen molar-refractivity contribution in [1.82, 2.24) is 14.6 Å². The number of aromatic nitrogens is 2. The fraction of sp³-hybridized carbons (Fsp3) is 0.542. The normalized spacial score (nSPS) is 26.6. The molecule has 1 fully saturated rings. The Kier molecular flexibility index (Phi) is 9.32. The second-order valence-corrected chi connectivity index (χ2v) is 11.3. The molecule has 1 aliphatic rings. The van der Waals surface area contributed by atoms with Crippen LogP contribution in [0.2, 0.25) is 0 Å². The maximum atomic E-state index is 16.0. The van der Waals surface area contributed by atoms with Crippen molar-refractivity contribution in [3.8, 4) is 5.75 Å². The van der Waals surface area contributed by atoms with E-state index in [2.05, 4.69) is 9.97 Å². The Morgan fingerprint density at radius 3 is 2.61 bits per heavy atom. The van der Waals surface area contributed by atoms with Gasteiger partial charge in [-0.15, -0.1) is 0 Å².